The van der Waals surface area contributed by atoms with E-state index in [4.69, 9.17) is 11.6 Å². The van der Waals surface area contributed by atoms with Gasteiger partial charge in [-0.05, 0) is 35.9 Å². The predicted molar refractivity (Wildman–Crippen MR) is 91.7 cm³/mol. The Morgan fingerprint density at radius 1 is 0.870 bits per heavy atom. The first-order valence-corrected chi connectivity index (χ1v) is 7.89. The Labute approximate surface area is 141 Å². The SMILES string of the molecule is O=C(C[n+]1cccc(Cc2ccccc2)c1)c1ccc(Cl)cc1. The van der Waals surface area contributed by atoms with Crippen LogP contribution in [0, 0.1) is 0 Å². The molecule has 0 spiro atoms. The number of hydrogen-bond acceptors (Lipinski definition) is 1. The van der Waals surface area contributed by atoms with E-state index in [1.807, 2.05) is 41.2 Å². The molecule has 0 aliphatic carbocycles. The van der Waals surface area contributed by atoms with E-state index < -0.39 is 0 Å². The molecule has 0 saturated carbocycles. The molecule has 0 saturated heterocycles. The Morgan fingerprint density at radius 3 is 2.30 bits per heavy atom. The van der Waals surface area contributed by atoms with Gasteiger partial charge in [-0.15, -0.1) is 0 Å². The molecule has 2 aromatic carbocycles. The first-order chi connectivity index (χ1) is 11.2. The largest absolute Gasteiger partial charge is 0.287 e. The van der Waals surface area contributed by atoms with E-state index >= 15 is 0 Å². The number of aromatic nitrogens is 1. The minimum absolute atomic E-state index is 0.0727. The summed E-state index contributed by atoms with van der Waals surface area (Å²) in [4.78, 5) is 12.3. The molecule has 23 heavy (non-hydrogen) atoms. The molecule has 3 aromatic rings. The fourth-order valence-corrected chi connectivity index (χ4v) is 2.63. The van der Waals surface area contributed by atoms with Crippen LogP contribution in [-0.4, -0.2) is 5.78 Å². The van der Waals surface area contributed by atoms with Crippen LogP contribution in [0.1, 0.15) is 21.5 Å². The van der Waals surface area contributed by atoms with Crippen LogP contribution >= 0.6 is 11.6 Å². The highest BCUT2D eigenvalue weighted by Gasteiger charge is 2.12. The average Bonchev–Trinajstić information content (AvgIpc) is 2.57. The molecule has 0 atom stereocenters. The number of nitrogens with zero attached hydrogens (tertiary/aromatic N) is 1. The van der Waals surface area contributed by atoms with Crippen LogP contribution in [0.2, 0.25) is 5.02 Å². The molecule has 1 heterocycles. The highest BCUT2D eigenvalue weighted by atomic mass is 35.5. The van der Waals surface area contributed by atoms with Crippen LogP contribution in [0.15, 0.2) is 79.1 Å². The third-order valence-corrected chi connectivity index (χ3v) is 3.91. The van der Waals surface area contributed by atoms with Gasteiger partial charge in [-0.3, -0.25) is 4.79 Å². The van der Waals surface area contributed by atoms with Gasteiger partial charge >= 0.3 is 0 Å². The molecular formula is C20H17ClNO+. The van der Waals surface area contributed by atoms with E-state index in [9.17, 15) is 4.79 Å². The van der Waals surface area contributed by atoms with Crippen LogP contribution < -0.4 is 4.57 Å². The molecule has 3 heteroatoms. The number of carbonyl (C=O) groups excluding carboxylic acids is 1. The molecule has 2 nitrogen and oxygen atoms in total. The van der Waals surface area contributed by atoms with E-state index in [1.165, 1.54) is 11.1 Å². The maximum absolute atomic E-state index is 12.3. The Balaban J connectivity index is 1.72. The monoisotopic (exact) mass is 322 g/mol. The number of ketones is 1. The van der Waals surface area contributed by atoms with Crippen molar-refractivity contribution in [2.45, 2.75) is 13.0 Å². The van der Waals surface area contributed by atoms with Crippen molar-refractivity contribution in [3.63, 3.8) is 0 Å². The lowest BCUT2D eigenvalue weighted by molar-refractivity contribution is -0.683. The molecule has 0 aliphatic rings. The number of pyridine rings is 1. The van der Waals surface area contributed by atoms with Crippen molar-refractivity contribution in [2.75, 3.05) is 0 Å². The van der Waals surface area contributed by atoms with Crippen molar-refractivity contribution >= 4 is 17.4 Å². The number of rotatable bonds is 5. The van der Waals surface area contributed by atoms with Gasteiger partial charge in [0.2, 0.25) is 12.3 Å². The molecule has 0 bridgehead atoms. The summed E-state index contributed by atoms with van der Waals surface area (Å²) in [7, 11) is 0. The number of hydrogen-bond donors (Lipinski definition) is 0. The van der Waals surface area contributed by atoms with Crippen molar-refractivity contribution in [3.05, 3.63) is 101 Å². The van der Waals surface area contributed by atoms with Gasteiger partial charge in [0.1, 0.15) is 0 Å². The van der Waals surface area contributed by atoms with Gasteiger partial charge in [-0.25, -0.2) is 0 Å². The van der Waals surface area contributed by atoms with E-state index in [0.717, 1.165) is 6.42 Å². The van der Waals surface area contributed by atoms with Gasteiger partial charge in [0.05, 0.1) is 0 Å². The fraction of sp³-hybridized carbons (Fsp3) is 0.100. The number of carbonyl (C=O) groups is 1. The summed E-state index contributed by atoms with van der Waals surface area (Å²) in [5, 5.41) is 0.638. The first kappa shape index (κ1) is 15.4. The lowest BCUT2D eigenvalue weighted by Crippen LogP contribution is -2.37. The van der Waals surface area contributed by atoms with Crippen LogP contribution in [0.25, 0.3) is 0 Å². The molecule has 0 radical (unpaired) electrons. The van der Waals surface area contributed by atoms with Gasteiger partial charge in [0.15, 0.2) is 12.4 Å². The van der Waals surface area contributed by atoms with Crippen LogP contribution in [0.4, 0.5) is 0 Å². The van der Waals surface area contributed by atoms with Crippen molar-refractivity contribution in [1.29, 1.82) is 0 Å². The Hall–Kier alpha value is -2.45. The summed E-state index contributed by atoms with van der Waals surface area (Å²) in [6, 6.07) is 21.4. The predicted octanol–water partition coefficient (Wildman–Crippen LogP) is 4.10. The highest BCUT2D eigenvalue weighted by Crippen LogP contribution is 2.10. The van der Waals surface area contributed by atoms with Crippen molar-refractivity contribution in [1.82, 2.24) is 0 Å². The second-order valence-corrected chi connectivity index (χ2v) is 5.91. The molecule has 0 aliphatic heterocycles. The number of Topliss-reactive ketones (excluding diaryl/α,β-unsaturated/α-hetero) is 1. The molecule has 3 rings (SSSR count). The highest BCUT2D eigenvalue weighted by molar-refractivity contribution is 6.30. The van der Waals surface area contributed by atoms with E-state index in [2.05, 4.69) is 18.2 Å². The van der Waals surface area contributed by atoms with E-state index in [1.54, 1.807) is 24.3 Å². The fourth-order valence-electron chi connectivity index (χ4n) is 2.50. The maximum Gasteiger partial charge on any atom is 0.227 e. The van der Waals surface area contributed by atoms with Crippen LogP contribution in [0.5, 0.6) is 0 Å². The topological polar surface area (TPSA) is 20.9 Å². The van der Waals surface area contributed by atoms with Gasteiger partial charge < -0.3 is 0 Å². The summed E-state index contributed by atoms with van der Waals surface area (Å²) >= 11 is 5.86. The standard InChI is InChI=1S/C20H17ClNO/c21-19-10-8-18(9-11-19)20(23)15-22-12-4-7-17(14-22)13-16-5-2-1-3-6-16/h1-12,14H,13,15H2/q+1. The first-order valence-electron chi connectivity index (χ1n) is 7.51. The zero-order chi connectivity index (χ0) is 16.1. The lowest BCUT2D eigenvalue weighted by atomic mass is 10.1. The average molecular weight is 323 g/mol. The zero-order valence-corrected chi connectivity index (χ0v) is 13.4. The zero-order valence-electron chi connectivity index (χ0n) is 12.7. The van der Waals surface area contributed by atoms with E-state index in [0.29, 0.717) is 17.1 Å². The molecular weight excluding hydrogens is 306 g/mol. The molecule has 0 amide bonds. The van der Waals surface area contributed by atoms with Gasteiger partial charge in [0.25, 0.3) is 0 Å². The van der Waals surface area contributed by atoms with Crippen molar-refractivity contribution in [3.8, 4) is 0 Å². The maximum atomic E-state index is 12.3. The minimum Gasteiger partial charge on any atom is -0.287 e. The van der Waals surface area contributed by atoms with E-state index in [-0.39, 0.29) is 5.78 Å². The van der Waals surface area contributed by atoms with Crippen LogP contribution in [0.3, 0.4) is 0 Å². The quantitative estimate of drug-likeness (QED) is 0.512. The van der Waals surface area contributed by atoms with Crippen molar-refractivity contribution < 1.29 is 9.36 Å². The number of benzene rings is 2. The molecule has 0 unspecified atom stereocenters. The Morgan fingerprint density at radius 2 is 1.57 bits per heavy atom. The number of halogens is 1. The summed E-state index contributed by atoms with van der Waals surface area (Å²) in [6.45, 7) is 0.324. The second kappa shape index (κ2) is 7.21. The van der Waals surface area contributed by atoms with Gasteiger partial charge in [0, 0.05) is 28.6 Å². The summed E-state index contributed by atoms with van der Waals surface area (Å²) in [6.07, 6.45) is 4.81. The lowest BCUT2D eigenvalue weighted by Gasteiger charge is -2.02. The molecule has 1 aromatic heterocycles. The molecule has 0 fully saturated rings. The summed E-state index contributed by atoms with van der Waals surface area (Å²) < 4.78 is 1.93. The molecule has 114 valence electrons. The Kier molecular flexibility index (Phi) is 4.84. The van der Waals surface area contributed by atoms with Crippen LogP contribution in [-0.2, 0) is 13.0 Å². The normalized spacial score (nSPS) is 10.5. The summed E-state index contributed by atoms with van der Waals surface area (Å²) in [5.74, 6) is 0.0727. The van der Waals surface area contributed by atoms with Gasteiger partial charge in [-0.2, -0.15) is 4.57 Å². The third kappa shape index (κ3) is 4.27. The Bertz CT molecular complexity index is 797. The second-order valence-electron chi connectivity index (χ2n) is 5.48. The smallest absolute Gasteiger partial charge is 0.227 e. The van der Waals surface area contributed by atoms with Crippen molar-refractivity contribution in [2.24, 2.45) is 0 Å². The third-order valence-electron chi connectivity index (χ3n) is 3.66. The summed E-state index contributed by atoms with van der Waals surface area (Å²) in [5.41, 5.74) is 3.12. The minimum atomic E-state index is 0.0727. The molecule has 0 N–H and O–H groups in total. The van der Waals surface area contributed by atoms with Gasteiger partial charge in [-0.1, -0.05) is 41.9 Å².